The van der Waals surface area contributed by atoms with Gasteiger partial charge in [-0.05, 0) is 47.8 Å². The molecule has 0 spiro atoms. The van der Waals surface area contributed by atoms with Crippen LogP contribution in [0.25, 0.3) is 11.0 Å². The Morgan fingerprint density at radius 2 is 1.78 bits per heavy atom. The monoisotopic (exact) mass is 398 g/mol. The average Bonchev–Trinajstić information content (AvgIpc) is 3.31. The Morgan fingerprint density at radius 3 is 2.48 bits per heavy atom. The number of aromatic nitrogens is 2. The lowest BCUT2D eigenvalue weighted by molar-refractivity contribution is 0.102. The number of benzene rings is 2. The van der Waals surface area contributed by atoms with E-state index in [1.54, 1.807) is 35.7 Å². The van der Waals surface area contributed by atoms with Crippen molar-refractivity contribution in [2.75, 3.05) is 10.0 Å². The molecule has 4 rings (SSSR count). The Bertz CT molecular complexity index is 1160. The van der Waals surface area contributed by atoms with Crippen molar-refractivity contribution in [3.05, 3.63) is 71.6 Å². The van der Waals surface area contributed by atoms with E-state index in [4.69, 9.17) is 0 Å². The zero-order chi connectivity index (χ0) is 18.9. The summed E-state index contributed by atoms with van der Waals surface area (Å²) in [5.41, 5.74) is 2.34. The molecule has 1 amide bonds. The van der Waals surface area contributed by atoms with Crippen molar-refractivity contribution < 1.29 is 13.2 Å². The van der Waals surface area contributed by atoms with Crippen LogP contribution in [0.15, 0.2) is 70.3 Å². The van der Waals surface area contributed by atoms with Crippen LogP contribution in [0.3, 0.4) is 0 Å². The highest BCUT2D eigenvalue weighted by Gasteiger charge is 2.15. The number of fused-ring (bicyclic) bond motifs is 1. The summed E-state index contributed by atoms with van der Waals surface area (Å²) < 4.78 is 27.1. The molecule has 0 unspecified atom stereocenters. The fourth-order valence-corrected chi connectivity index (χ4v) is 4.55. The van der Waals surface area contributed by atoms with Gasteiger partial charge in [-0.25, -0.2) is 13.4 Å². The van der Waals surface area contributed by atoms with E-state index in [0.29, 0.717) is 17.2 Å². The molecule has 0 aliphatic heterocycles. The Hall–Kier alpha value is -3.17. The molecule has 2 heterocycles. The number of aromatic amines is 1. The van der Waals surface area contributed by atoms with Crippen molar-refractivity contribution in [2.24, 2.45) is 0 Å². The van der Waals surface area contributed by atoms with Gasteiger partial charge in [0.05, 0.1) is 11.0 Å². The van der Waals surface area contributed by atoms with Gasteiger partial charge in [-0.15, -0.1) is 11.3 Å². The molecule has 27 heavy (non-hydrogen) atoms. The number of hydrogen-bond acceptors (Lipinski definition) is 5. The van der Waals surface area contributed by atoms with Crippen molar-refractivity contribution in [1.29, 1.82) is 0 Å². The number of carbonyl (C=O) groups is 1. The van der Waals surface area contributed by atoms with E-state index < -0.39 is 10.0 Å². The van der Waals surface area contributed by atoms with Gasteiger partial charge in [0.15, 0.2) is 0 Å². The van der Waals surface area contributed by atoms with E-state index in [2.05, 4.69) is 20.0 Å². The number of amides is 1. The van der Waals surface area contributed by atoms with Gasteiger partial charge in [-0.3, -0.25) is 14.8 Å². The highest BCUT2D eigenvalue weighted by Crippen LogP contribution is 2.21. The lowest BCUT2D eigenvalue weighted by atomic mass is 10.2. The number of H-pyrrole nitrogens is 1. The number of anilines is 2. The Kier molecular flexibility index (Phi) is 4.38. The van der Waals surface area contributed by atoms with E-state index in [1.807, 2.05) is 24.3 Å². The number of sulfonamides is 1. The van der Waals surface area contributed by atoms with Crippen molar-refractivity contribution in [3.63, 3.8) is 0 Å². The first-order valence-corrected chi connectivity index (χ1v) is 10.3. The summed E-state index contributed by atoms with van der Waals surface area (Å²) in [6, 6.07) is 16.8. The lowest BCUT2D eigenvalue weighted by Gasteiger charge is -2.07. The van der Waals surface area contributed by atoms with Gasteiger partial charge < -0.3 is 4.98 Å². The maximum Gasteiger partial charge on any atom is 0.271 e. The molecule has 0 aliphatic rings. The molecule has 0 saturated heterocycles. The Morgan fingerprint density at radius 1 is 1.00 bits per heavy atom. The van der Waals surface area contributed by atoms with E-state index in [9.17, 15) is 13.2 Å². The number of nitrogens with one attached hydrogen (secondary N) is 3. The summed E-state index contributed by atoms with van der Waals surface area (Å²) >= 11 is 1.14. The smallest absolute Gasteiger partial charge is 0.271 e. The molecule has 9 heteroatoms. The topological polar surface area (TPSA) is 104 Å². The maximum absolute atomic E-state index is 12.4. The van der Waals surface area contributed by atoms with Crippen LogP contribution >= 0.6 is 11.3 Å². The molecule has 0 fully saturated rings. The highest BCUT2D eigenvalue weighted by molar-refractivity contribution is 7.94. The summed E-state index contributed by atoms with van der Waals surface area (Å²) in [5.74, 6) is 0.00500. The molecular formula is C18H14N4O3S2. The fraction of sp³-hybridized carbons (Fsp3) is 0. The molecule has 0 saturated carbocycles. The van der Waals surface area contributed by atoms with Crippen molar-refractivity contribution >= 4 is 49.9 Å². The second kappa shape index (κ2) is 6.86. The number of para-hydroxylation sites is 2. The predicted octanol–water partition coefficient (Wildman–Crippen LogP) is 3.68. The first-order chi connectivity index (χ1) is 13.0. The number of carbonyl (C=O) groups excluding carboxylic acids is 1. The zero-order valence-corrected chi connectivity index (χ0v) is 15.5. The van der Waals surface area contributed by atoms with Gasteiger partial charge in [0.1, 0.15) is 4.21 Å². The summed E-state index contributed by atoms with van der Waals surface area (Å²) in [6.45, 7) is 0. The SMILES string of the molecule is O=C(Nc1nc2ccccc2[nH]1)c1ccc(NS(=O)(=O)c2cccs2)cc1. The molecule has 7 nitrogen and oxygen atoms in total. The van der Waals surface area contributed by atoms with Crippen molar-refractivity contribution in [2.45, 2.75) is 4.21 Å². The number of hydrogen-bond donors (Lipinski definition) is 3. The first kappa shape index (κ1) is 17.3. The normalized spacial score (nSPS) is 11.4. The minimum Gasteiger partial charge on any atom is -0.324 e. The molecule has 0 bridgehead atoms. The minimum atomic E-state index is -3.61. The summed E-state index contributed by atoms with van der Waals surface area (Å²) in [4.78, 5) is 19.7. The lowest BCUT2D eigenvalue weighted by Crippen LogP contribution is -2.14. The number of nitrogens with zero attached hydrogens (tertiary/aromatic N) is 1. The zero-order valence-electron chi connectivity index (χ0n) is 13.8. The fourth-order valence-electron chi connectivity index (χ4n) is 2.50. The third-order valence-corrected chi connectivity index (χ3v) is 6.56. The van der Waals surface area contributed by atoms with Crippen LogP contribution in [-0.2, 0) is 10.0 Å². The Balaban J connectivity index is 1.47. The van der Waals surface area contributed by atoms with Crippen LogP contribution < -0.4 is 10.0 Å². The standard InChI is InChI=1S/C18H14N4O3S2/c23-17(21-18-19-14-4-1-2-5-15(14)20-18)12-7-9-13(10-8-12)22-27(24,25)16-6-3-11-26-16/h1-11,22H,(H2,19,20,21,23). The minimum absolute atomic E-state index is 0.231. The molecule has 0 aliphatic carbocycles. The van der Waals surface area contributed by atoms with Gasteiger partial charge in [0, 0.05) is 11.3 Å². The summed E-state index contributed by atoms with van der Waals surface area (Å²) in [6.07, 6.45) is 0. The Labute approximate surface area is 159 Å². The van der Waals surface area contributed by atoms with E-state index in [0.717, 1.165) is 22.4 Å². The van der Waals surface area contributed by atoms with E-state index >= 15 is 0 Å². The van der Waals surface area contributed by atoms with Crippen LogP contribution in [0.2, 0.25) is 0 Å². The number of imidazole rings is 1. The van der Waals surface area contributed by atoms with Gasteiger partial charge in [0.2, 0.25) is 5.95 Å². The van der Waals surface area contributed by atoms with Gasteiger partial charge in [-0.1, -0.05) is 18.2 Å². The first-order valence-electron chi connectivity index (χ1n) is 7.94. The second-order valence-electron chi connectivity index (χ2n) is 5.67. The highest BCUT2D eigenvalue weighted by atomic mass is 32.2. The number of thiophene rings is 1. The molecule has 3 N–H and O–H groups in total. The molecule has 136 valence electrons. The molecular weight excluding hydrogens is 384 g/mol. The summed E-state index contributed by atoms with van der Waals surface area (Å²) in [5, 5.41) is 4.39. The molecule has 0 radical (unpaired) electrons. The van der Waals surface area contributed by atoms with Crippen LogP contribution in [0, 0.1) is 0 Å². The molecule has 2 aromatic carbocycles. The average molecular weight is 398 g/mol. The van der Waals surface area contributed by atoms with E-state index in [1.165, 1.54) is 6.07 Å². The van der Waals surface area contributed by atoms with Crippen molar-refractivity contribution in [3.8, 4) is 0 Å². The molecule has 4 aromatic rings. The number of rotatable bonds is 5. The van der Waals surface area contributed by atoms with E-state index in [-0.39, 0.29) is 10.1 Å². The van der Waals surface area contributed by atoms with Crippen LogP contribution in [-0.4, -0.2) is 24.3 Å². The van der Waals surface area contributed by atoms with Crippen LogP contribution in [0.1, 0.15) is 10.4 Å². The second-order valence-corrected chi connectivity index (χ2v) is 8.53. The van der Waals surface area contributed by atoms with Crippen LogP contribution in [0.5, 0.6) is 0 Å². The summed E-state index contributed by atoms with van der Waals surface area (Å²) in [7, 11) is -3.61. The third kappa shape index (κ3) is 3.69. The third-order valence-electron chi connectivity index (χ3n) is 3.78. The largest absolute Gasteiger partial charge is 0.324 e. The quantitative estimate of drug-likeness (QED) is 0.477. The van der Waals surface area contributed by atoms with Gasteiger partial charge in [0.25, 0.3) is 15.9 Å². The van der Waals surface area contributed by atoms with Gasteiger partial charge in [-0.2, -0.15) is 0 Å². The maximum atomic E-state index is 12.4. The molecule has 0 atom stereocenters. The van der Waals surface area contributed by atoms with Crippen LogP contribution in [0.4, 0.5) is 11.6 Å². The molecule has 2 aromatic heterocycles. The van der Waals surface area contributed by atoms with Gasteiger partial charge >= 0.3 is 0 Å². The van der Waals surface area contributed by atoms with Crippen molar-refractivity contribution in [1.82, 2.24) is 9.97 Å². The predicted molar refractivity (Wildman–Crippen MR) is 106 cm³/mol.